The number of piperidine rings is 2. The Morgan fingerprint density at radius 1 is 1.29 bits per heavy atom. The molecule has 1 aliphatic carbocycles. The minimum absolute atomic E-state index is 0.113. The fourth-order valence-electron chi connectivity index (χ4n) is 4.31. The summed E-state index contributed by atoms with van der Waals surface area (Å²) in [7, 11) is 0. The summed E-state index contributed by atoms with van der Waals surface area (Å²) in [4.78, 5) is 31.9. The van der Waals surface area contributed by atoms with Crippen molar-refractivity contribution >= 4 is 17.4 Å². The van der Waals surface area contributed by atoms with Crippen molar-refractivity contribution in [3.05, 3.63) is 27.9 Å². The van der Waals surface area contributed by atoms with E-state index in [1.165, 1.54) is 0 Å². The molecular weight excluding hydrogens is 308 g/mol. The van der Waals surface area contributed by atoms with Crippen molar-refractivity contribution in [1.82, 2.24) is 9.88 Å². The van der Waals surface area contributed by atoms with Gasteiger partial charge in [-0.25, -0.2) is 4.98 Å². The molecule has 128 valence electrons. The first-order valence-corrected chi connectivity index (χ1v) is 8.72. The lowest BCUT2D eigenvalue weighted by Gasteiger charge is -2.47. The minimum Gasteiger partial charge on any atom is -0.350 e. The molecule has 7 heteroatoms. The van der Waals surface area contributed by atoms with Gasteiger partial charge in [-0.05, 0) is 44.6 Å². The van der Waals surface area contributed by atoms with Gasteiger partial charge < -0.3 is 9.80 Å². The van der Waals surface area contributed by atoms with Crippen LogP contribution in [0.25, 0.3) is 0 Å². The number of pyridine rings is 1. The first-order valence-electron chi connectivity index (χ1n) is 8.72. The number of aromatic nitrogens is 1. The summed E-state index contributed by atoms with van der Waals surface area (Å²) in [6.07, 6.45) is 6.26. The Bertz CT molecular complexity index is 688. The molecule has 0 unspecified atom stereocenters. The summed E-state index contributed by atoms with van der Waals surface area (Å²) in [5.41, 5.74) is 0.757. The number of nitro groups is 1. The van der Waals surface area contributed by atoms with Crippen LogP contribution in [0.15, 0.2) is 12.3 Å². The molecule has 1 amide bonds. The van der Waals surface area contributed by atoms with Crippen LogP contribution in [0.1, 0.15) is 37.7 Å². The molecule has 0 bridgehead atoms. The van der Waals surface area contributed by atoms with Crippen LogP contribution < -0.4 is 4.90 Å². The van der Waals surface area contributed by atoms with Crippen LogP contribution in [0.4, 0.5) is 11.5 Å². The standard InChI is InChI=1S/C17H22N4O3/c1-11-6-8-18-17(16(11)21(23)24)19-9-7-14-12(10-19)2-5-15(22)20(14)13-3-4-13/h6,8,12-14H,2-5,7,9-10H2,1H3/t12-,14+/m1/s1. The number of amides is 1. The van der Waals surface area contributed by atoms with E-state index in [1.807, 2.05) is 4.90 Å². The van der Waals surface area contributed by atoms with Crippen molar-refractivity contribution < 1.29 is 9.72 Å². The van der Waals surface area contributed by atoms with Gasteiger partial charge in [0.05, 0.1) is 4.92 Å². The molecule has 7 nitrogen and oxygen atoms in total. The number of aryl methyl sites for hydroxylation is 1. The molecule has 2 aliphatic heterocycles. The summed E-state index contributed by atoms with van der Waals surface area (Å²) < 4.78 is 0. The maximum atomic E-state index is 12.3. The van der Waals surface area contributed by atoms with Crippen LogP contribution in [-0.2, 0) is 4.79 Å². The molecule has 24 heavy (non-hydrogen) atoms. The highest BCUT2D eigenvalue weighted by Gasteiger charge is 2.45. The number of carbonyl (C=O) groups excluding carboxylic acids is 1. The van der Waals surface area contributed by atoms with Gasteiger partial charge >= 0.3 is 5.69 Å². The average molecular weight is 330 g/mol. The molecule has 1 aromatic heterocycles. The van der Waals surface area contributed by atoms with Crippen LogP contribution in [0.2, 0.25) is 0 Å². The number of hydrogen-bond donors (Lipinski definition) is 0. The van der Waals surface area contributed by atoms with Crippen molar-refractivity contribution in [3.8, 4) is 0 Å². The zero-order valence-electron chi connectivity index (χ0n) is 13.9. The molecule has 1 saturated carbocycles. The third-order valence-corrected chi connectivity index (χ3v) is 5.60. The van der Waals surface area contributed by atoms with Crippen LogP contribution in [0, 0.1) is 23.0 Å². The lowest BCUT2D eigenvalue weighted by Crippen LogP contribution is -2.57. The minimum atomic E-state index is -0.329. The number of carbonyl (C=O) groups is 1. The topological polar surface area (TPSA) is 79.6 Å². The molecule has 3 heterocycles. The molecule has 4 rings (SSSR count). The lowest BCUT2D eigenvalue weighted by atomic mass is 9.83. The quantitative estimate of drug-likeness (QED) is 0.627. The molecule has 3 aliphatic rings. The maximum absolute atomic E-state index is 12.3. The van der Waals surface area contributed by atoms with Crippen molar-refractivity contribution in [2.24, 2.45) is 5.92 Å². The van der Waals surface area contributed by atoms with Crippen LogP contribution in [0.3, 0.4) is 0 Å². The van der Waals surface area contributed by atoms with Gasteiger partial charge in [0, 0.05) is 43.4 Å². The molecule has 3 fully saturated rings. The fraction of sp³-hybridized carbons (Fsp3) is 0.647. The number of hydrogen-bond acceptors (Lipinski definition) is 5. The van der Waals surface area contributed by atoms with E-state index in [4.69, 9.17) is 0 Å². The van der Waals surface area contributed by atoms with Crippen molar-refractivity contribution in [3.63, 3.8) is 0 Å². The first-order chi connectivity index (χ1) is 11.6. The van der Waals surface area contributed by atoms with E-state index in [1.54, 1.807) is 19.2 Å². The van der Waals surface area contributed by atoms with E-state index in [2.05, 4.69) is 9.88 Å². The second kappa shape index (κ2) is 5.72. The largest absolute Gasteiger partial charge is 0.350 e. The van der Waals surface area contributed by atoms with Gasteiger partial charge in [0.25, 0.3) is 0 Å². The smallest absolute Gasteiger partial charge is 0.314 e. The highest BCUT2D eigenvalue weighted by Crippen LogP contribution is 2.40. The zero-order valence-corrected chi connectivity index (χ0v) is 13.9. The number of anilines is 1. The van der Waals surface area contributed by atoms with Gasteiger partial charge in [-0.15, -0.1) is 0 Å². The number of fused-ring (bicyclic) bond motifs is 1. The van der Waals surface area contributed by atoms with E-state index < -0.39 is 0 Å². The van der Waals surface area contributed by atoms with Crippen molar-refractivity contribution in [2.45, 2.75) is 51.1 Å². The van der Waals surface area contributed by atoms with Crippen LogP contribution >= 0.6 is 0 Å². The summed E-state index contributed by atoms with van der Waals surface area (Å²) in [5.74, 6) is 1.17. The van der Waals surface area contributed by atoms with E-state index in [0.717, 1.165) is 38.8 Å². The molecule has 2 saturated heterocycles. The molecule has 1 aromatic rings. The van der Waals surface area contributed by atoms with Gasteiger partial charge in [-0.3, -0.25) is 14.9 Å². The molecule has 0 aromatic carbocycles. The Balaban J connectivity index is 1.58. The second-order valence-corrected chi connectivity index (χ2v) is 7.19. The molecular formula is C17H22N4O3. The highest BCUT2D eigenvalue weighted by molar-refractivity contribution is 5.78. The SMILES string of the molecule is Cc1ccnc(N2CC[C@H]3[C@H](CCC(=O)N3C3CC3)C2)c1[N+](=O)[O-]. The number of nitrogens with zero attached hydrogens (tertiary/aromatic N) is 4. The second-order valence-electron chi connectivity index (χ2n) is 7.19. The Hall–Kier alpha value is -2.18. The predicted octanol–water partition coefficient (Wildman–Crippen LogP) is 2.28. The Morgan fingerprint density at radius 3 is 2.79 bits per heavy atom. The third kappa shape index (κ3) is 2.52. The molecule has 0 radical (unpaired) electrons. The predicted molar refractivity (Wildman–Crippen MR) is 88.8 cm³/mol. The number of rotatable bonds is 3. The van der Waals surface area contributed by atoms with Gasteiger partial charge in [0.1, 0.15) is 0 Å². The van der Waals surface area contributed by atoms with Gasteiger partial charge in [-0.1, -0.05) is 0 Å². The van der Waals surface area contributed by atoms with Crippen molar-refractivity contribution in [1.29, 1.82) is 0 Å². The van der Waals surface area contributed by atoms with Crippen LogP contribution in [-0.4, -0.2) is 45.9 Å². The Morgan fingerprint density at radius 2 is 2.08 bits per heavy atom. The van der Waals surface area contributed by atoms with E-state index in [-0.39, 0.29) is 10.6 Å². The third-order valence-electron chi connectivity index (χ3n) is 5.60. The van der Waals surface area contributed by atoms with Gasteiger partial charge in [0.2, 0.25) is 11.7 Å². The highest BCUT2D eigenvalue weighted by atomic mass is 16.6. The summed E-state index contributed by atoms with van der Waals surface area (Å²) in [6.45, 7) is 3.22. The summed E-state index contributed by atoms with van der Waals surface area (Å²) in [6, 6.07) is 2.44. The fourth-order valence-corrected chi connectivity index (χ4v) is 4.31. The Labute approximate surface area is 140 Å². The average Bonchev–Trinajstić information content (AvgIpc) is 3.38. The zero-order chi connectivity index (χ0) is 16.8. The molecule has 2 atom stereocenters. The normalized spacial score (nSPS) is 27.1. The van der Waals surface area contributed by atoms with Gasteiger partial charge in [-0.2, -0.15) is 0 Å². The molecule has 0 spiro atoms. The monoisotopic (exact) mass is 330 g/mol. The van der Waals surface area contributed by atoms with Gasteiger partial charge in [0.15, 0.2) is 0 Å². The Kier molecular flexibility index (Phi) is 3.66. The van der Waals surface area contributed by atoms with E-state index >= 15 is 0 Å². The molecule has 0 N–H and O–H groups in total. The van der Waals surface area contributed by atoms with E-state index in [9.17, 15) is 14.9 Å². The van der Waals surface area contributed by atoms with Crippen molar-refractivity contribution in [2.75, 3.05) is 18.0 Å². The van der Waals surface area contributed by atoms with Crippen LogP contribution in [0.5, 0.6) is 0 Å². The maximum Gasteiger partial charge on any atom is 0.314 e. The number of likely N-dealkylation sites (tertiary alicyclic amines) is 1. The first kappa shape index (κ1) is 15.4. The lowest BCUT2D eigenvalue weighted by molar-refractivity contribution is -0.384. The summed E-state index contributed by atoms with van der Waals surface area (Å²) >= 11 is 0. The van der Waals surface area contributed by atoms with E-state index in [0.29, 0.717) is 41.7 Å². The summed E-state index contributed by atoms with van der Waals surface area (Å²) in [5, 5.41) is 11.4.